The second-order valence-electron chi connectivity index (χ2n) is 11.5. The number of nitrogens with zero attached hydrogens (tertiary/aromatic N) is 2. The van der Waals surface area contributed by atoms with Crippen molar-refractivity contribution in [2.45, 2.75) is 39.3 Å². The maximum absolute atomic E-state index is 14.3. The molecular weight excluding hydrogens is 628 g/mol. The molecule has 244 valence electrons. The summed E-state index contributed by atoms with van der Waals surface area (Å²) in [7, 11) is 1.52. The zero-order chi connectivity index (χ0) is 33.8. The summed E-state index contributed by atoms with van der Waals surface area (Å²) in [4.78, 5) is 33.4. The van der Waals surface area contributed by atoms with Gasteiger partial charge in [0.1, 0.15) is 12.4 Å². The van der Waals surface area contributed by atoms with Crippen LogP contribution in [0.5, 0.6) is 11.5 Å². The van der Waals surface area contributed by atoms with Gasteiger partial charge in [0.15, 0.2) is 16.3 Å². The van der Waals surface area contributed by atoms with Gasteiger partial charge in [-0.25, -0.2) is 14.2 Å². The van der Waals surface area contributed by atoms with Crippen molar-refractivity contribution in [3.63, 3.8) is 0 Å². The molecular formula is C39H35FN2O5S. The van der Waals surface area contributed by atoms with Crippen LogP contribution in [0.4, 0.5) is 4.39 Å². The molecule has 1 aliphatic heterocycles. The van der Waals surface area contributed by atoms with Crippen LogP contribution in [-0.2, 0) is 16.1 Å². The van der Waals surface area contributed by atoms with E-state index in [1.54, 1.807) is 54.0 Å². The summed E-state index contributed by atoms with van der Waals surface area (Å²) in [5, 5.41) is 0. The summed E-state index contributed by atoms with van der Waals surface area (Å²) in [5.41, 5.74) is 4.27. The molecule has 1 atom stereocenters. The predicted molar refractivity (Wildman–Crippen MR) is 185 cm³/mol. The van der Waals surface area contributed by atoms with Crippen molar-refractivity contribution in [3.8, 4) is 11.5 Å². The smallest absolute Gasteiger partial charge is 0.338 e. The lowest BCUT2D eigenvalue weighted by molar-refractivity contribution is -0.138. The van der Waals surface area contributed by atoms with Crippen LogP contribution in [0.25, 0.3) is 11.8 Å². The van der Waals surface area contributed by atoms with Gasteiger partial charge in [0.25, 0.3) is 5.56 Å². The number of thiazole rings is 1. The first kappa shape index (κ1) is 32.7. The highest BCUT2D eigenvalue weighted by Gasteiger charge is 2.35. The van der Waals surface area contributed by atoms with Crippen molar-refractivity contribution in [1.29, 1.82) is 0 Å². The second kappa shape index (κ2) is 14.2. The van der Waals surface area contributed by atoms with E-state index in [4.69, 9.17) is 19.2 Å². The summed E-state index contributed by atoms with van der Waals surface area (Å²) in [6.45, 7) is 6.20. The number of esters is 1. The SMILES string of the molecule is CCOC(=O)C1=C(c2ccccc2)N=c2s/c(=C\c3ccc(OCc4ccccc4F)c(OC)c3)c(=O)n2[C@H]1c1ccc(C(C)C)cc1. The van der Waals surface area contributed by atoms with Crippen molar-refractivity contribution in [2.75, 3.05) is 13.7 Å². The molecule has 0 N–H and O–H groups in total. The first-order chi connectivity index (χ1) is 23.3. The summed E-state index contributed by atoms with van der Waals surface area (Å²) < 4.78 is 33.2. The van der Waals surface area contributed by atoms with Gasteiger partial charge >= 0.3 is 5.97 Å². The van der Waals surface area contributed by atoms with Crippen molar-refractivity contribution in [2.24, 2.45) is 4.99 Å². The molecule has 1 aliphatic rings. The fourth-order valence-corrected chi connectivity index (χ4v) is 6.64. The number of carbonyl (C=O) groups is 1. The molecule has 0 fully saturated rings. The molecule has 0 unspecified atom stereocenters. The standard InChI is InChI=1S/C39H35FN2O5S/c1-5-46-38(44)34-35(27-11-7-6-8-12-27)41-39-42(36(34)28-18-16-26(17-19-28)24(2)3)37(43)33(48-39)22-25-15-20-31(32(21-25)45-4)47-23-29-13-9-10-14-30(29)40/h6-22,24,36H,5,23H2,1-4H3/b33-22-/t36-/m0/s1. The van der Waals surface area contributed by atoms with Crippen LogP contribution >= 0.6 is 11.3 Å². The van der Waals surface area contributed by atoms with Crippen LogP contribution < -0.4 is 24.4 Å². The number of hydrogen-bond acceptors (Lipinski definition) is 7. The van der Waals surface area contributed by atoms with E-state index in [2.05, 4.69) is 13.8 Å². The molecule has 0 aliphatic carbocycles. The van der Waals surface area contributed by atoms with E-state index >= 15 is 0 Å². The molecule has 0 spiro atoms. The van der Waals surface area contributed by atoms with E-state index in [9.17, 15) is 14.0 Å². The van der Waals surface area contributed by atoms with Crippen LogP contribution in [0.15, 0.2) is 112 Å². The Kier molecular flexibility index (Phi) is 9.68. The van der Waals surface area contributed by atoms with Crippen LogP contribution in [-0.4, -0.2) is 24.3 Å². The molecule has 0 saturated carbocycles. The maximum atomic E-state index is 14.3. The van der Waals surface area contributed by atoms with Crippen molar-refractivity contribution in [3.05, 3.63) is 156 Å². The Hall–Kier alpha value is -5.28. The normalized spacial score (nSPS) is 14.5. The molecule has 4 aromatic carbocycles. The van der Waals surface area contributed by atoms with Gasteiger partial charge in [0, 0.05) is 11.1 Å². The Balaban J connectivity index is 1.48. The molecule has 6 rings (SSSR count). The number of ether oxygens (including phenoxy) is 3. The number of benzene rings is 4. The van der Waals surface area contributed by atoms with Crippen molar-refractivity contribution in [1.82, 2.24) is 4.57 Å². The molecule has 0 amide bonds. The zero-order valence-electron chi connectivity index (χ0n) is 27.1. The average molecular weight is 663 g/mol. The van der Waals surface area contributed by atoms with E-state index < -0.39 is 12.0 Å². The second-order valence-corrected chi connectivity index (χ2v) is 12.6. The minimum atomic E-state index is -0.762. The number of carbonyl (C=O) groups excluding carboxylic acids is 1. The molecule has 0 bridgehead atoms. The van der Waals surface area contributed by atoms with Crippen molar-refractivity contribution < 1.29 is 23.4 Å². The van der Waals surface area contributed by atoms with Gasteiger partial charge in [-0.1, -0.05) is 104 Å². The minimum absolute atomic E-state index is 0.0334. The van der Waals surface area contributed by atoms with E-state index in [0.29, 0.717) is 49.1 Å². The number of halogens is 1. The third-order valence-electron chi connectivity index (χ3n) is 8.12. The average Bonchev–Trinajstić information content (AvgIpc) is 3.41. The summed E-state index contributed by atoms with van der Waals surface area (Å²) in [5.74, 6) is 0.319. The fraction of sp³-hybridized carbons (Fsp3) is 0.205. The Morgan fingerprint density at radius 1 is 0.979 bits per heavy atom. The van der Waals surface area contributed by atoms with Gasteiger partial charge in [-0.2, -0.15) is 0 Å². The molecule has 0 saturated heterocycles. The van der Waals surface area contributed by atoms with Crippen molar-refractivity contribution >= 4 is 29.1 Å². The van der Waals surface area contributed by atoms with Crippen LogP contribution in [0.1, 0.15) is 60.5 Å². The Morgan fingerprint density at radius 2 is 1.71 bits per heavy atom. The van der Waals surface area contributed by atoms with Gasteiger partial charge in [0.2, 0.25) is 0 Å². The molecule has 5 aromatic rings. The highest BCUT2D eigenvalue weighted by molar-refractivity contribution is 7.07. The van der Waals surface area contributed by atoms with Gasteiger partial charge in [-0.3, -0.25) is 9.36 Å². The van der Waals surface area contributed by atoms with Gasteiger partial charge in [-0.05, 0) is 53.8 Å². The molecule has 48 heavy (non-hydrogen) atoms. The third-order valence-corrected chi connectivity index (χ3v) is 9.10. The molecule has 7 nitrogen and oxygen atoms in total. The fourth-order valence-electron chi connectivity index (χ4n) is 5.63. The summed E-state index contributed by atoms with van der Waals surface area (Å²) in [6.07, 6.45) is 1.77. The Bertz CT molecular complexity index is 2170. The largest absolute Gasteiger partial charge is 0.493 e. The zero-order valence-corrected chi connectivity index (χ0v) is 27.9. The van der Waals surface area contributed by atoms with E-state index in [1.165, 1.54) is 24.5 Å². The highest BCUT2D eigenvalue weighted by atomic mass is 32.1. The predicted octanol–water partition coefficient (Wildman–Crippen LogP) is 6.79. The van der Waals surface area contributed by atoms with Gasteiger partial charge < -0.3 is 14.2 Å². The van der Waals surface area contributed by atoms with Crippen LogP contribution in [0, 0.1) is 5.82 Å². The number of rotatable bonds is 10. The minimum Gasteiger partial charge on any atom is -0.493 e. The van der Waals surface area contributed by atoms with Crippen LogP contribution in [0.3, 0.4) is 0 Å². The lowest BCUT2D eigenvalue weighted by Crippen LogP contribution is -2.40. The monoisotopic (exact) mass is 662 g/mol. The summed E-state index contributed by atoms with van der Waals surface area (Å²) >= 11 is 1.24. The lowest BCUT2D eigenvalue weighted by Gasteiger charge is -2.26. The number of aromatic nitrogens is 1. The van der Waals surface area contributed by atoms with E-state index in [1.807, 2.05) is 54.6 Å². The first-order valence-electron chi connectivity index (χ1n) is 15.7. The molecule has 1 aromatic heterocycles. The molecule has 9 heteroatoms. The first-order valence-corrected chi connectivity index (χ1v) is 16.5. The van der Waals surface area contributed by atoms with Crippen LogP contribution in [0.2, 0.25) is 0 Å². The number of fused-ring (bicyclic) bond motifs is 1. The molecule has 2 heterocycles. The van der Waals surface area contributed by atoms with Gasteiger partial charge in [0.05, 0.1) is 35.6 Å². The maximum Gasteiger partial charge on any atom is 0.338 e. The Labute approximate surface area is 281 Å². The van der Waals surface area contributed by atoms with E-state index in [-0.39, 0.29) is 24.6 Å². The molecule has 0 radical (unpaired) electrons. The summed E-state index contributed by atoms with van der Waals surface area (Å²) in [6, 6.07) is 28.4. The van der Waals surface area contributed by atoms with E-state index in [0.717, 1.165) is 16.7 Å². The number of hydrogen-bond donors (Lipinski definition) is 0. The Morgan fingerprint density at radius 3 is 2.40 bits per heavy atom. The lowest BCUT2D eigenvalue weighted by atomic mass is 9.91. The quantitative estimate of drug-likeness (QED) is 0.154. The number of methoxy groups -OCH3 is 1. The topological polar surface area (TPSA) is 79.1 Å². The van der Waals surface area contributed by atoms with Gasteiger partial charge in [-0.15, -0.1) is 0 Å². The highest BCUT2D eigenvalue weighted by Crippen LogP contribution is 2.36. The third kappa shape index (κ3) is 6.59.